The molecule has 1 heterocycles. The number of para-hydroxylation sites is 1. The van der Waals surface area contributed by atoms with Gasteiger partial charge in [0.25, 0.3) is 0 Å². The van der Waals surface area contributed by atoms with Gasteiger partial charge in [-0.15, -0.1) is 0 Å². The van der Waals surface area contributed by atoms with Crippen LogP contribution in [0, 0.1) is 0 Å². The van der Waals surface area contributed by atoms with Crippen molar-refractivity contribution in [3.8, 4) is 56.0 Å². The van der Waals surface area contributed by atoms with E-state index in [0.717, 1.165) is 28.2 Å². The highest BCUT2D eigenvalue weighted by atomic mass is 16.5. The van der Waals surface area contributed by atoms with Gasteiger partial charge in [-0.25, -0.2) is 0 Å². The fraction of sp³-hybridized carbons (Fsp3) is 0.0732. The number of fused-ring (bicyclic) bond motifs is 6. The smallest absolute Gasteiger partial charge is 0.143 e. The molecule has 0 bridgehead atoms. The minimum absolute atomic E-state index is 0.0518. The predicted molar refractivity (Wildman–Crippen MR) is 175 cm³/mol. The lowest BCUT2D eigenvalue weighted by Gasteiger charge is -2.23. The fourth-order valence-electron chi connectivity index (χ4n) is 7.24. The quantitative estimate of drug-likeness (QED) is 0.213. The first-order valence-electron chi connectivity index (χ1n) is 14.7. The van der Waals surface area contributed by atoms with Crippen molar-refractivity contribution >= 4 is 21.5 Å². The van der Waals surface area contributed by atoms with Crippen LogP contribution in [-0.2, 0) is 5.41 Å². The van der Waals surface area contributed by atoms with Gasteiger partial charge in [-0.2, -0.15) is 0 Å². The Labute approximate surface area is 245 Å². The minimum atomic E-state index is -0.0518. The molecule has 1 aliphatic carbocycles. The summed E-state index contributed by atoms with van der Waals surface area (Å²) < 4.78 is 6.58. The van der Waals surface area contributed by atoms with E-state index in [1.165, 1.54) is 60.5 Å². The molecule has 0 aromatic heterocycles. The van der Waals surface area contributed by atoms with Crippen LogP contribution >= 0.6 is 0 Å². The monoisotopic (exact) mass is 536 g/mol. The highest BCUT2D eigenvalue weighted by Gasteiger charge is 2.36. The van der Waals surface area contributed by atoms with Crippen LogP contribution in [0.4, 0.5) is 0 Å². The highest BCUT2D eigenvalue weighted by Crippen LogP contribution is 2.52. The number of benzene rings is 7. The second kappa shape index (κ2) is 8.44. The van der Waals surface area contributed by atoms with Crippen molar-refractivity contribution in [1.29, 1.82) is 0 Å². The SMILES string of the molecule is CC1(C)c2cc(-c3ccc(-c4ccc5cccc6c5c4Oc4ccccc4-6)cc3)ccc2-c2cc3ccccc3cc21. The molecule has 0 unspecified atom stereocenters. The lowest BCUT2D eigenvalue weighted by Crippen LogP contribution is -2.15. The highest BCUT2D eigenvalue weighted by molar-refractivity contribution is 6.07. The van der Waals surface area contributed by atoms with Gasteiger partial charge in [0.15, 0.2) is 0 Å². The van der Waals surface area contributed by atoms with Crippen molar-refractivity contribution in [2.24, 2.45) is 0 Å². The summed E-state index contributed by atoms with van der Waals surface area (Å²) in [5.74, 6) is 1.86. The van der Waals surface area contributed by atoms with Crippen molar-refractivity contribution in [3.63, 3.8) is 0 Å². The molecule has 1 aliphatic heterocycles. The zero-order valence-electron chi connectivity index (χ0n) is 23.6. The number of ether oxygens (including phenoxy) is 1. The lowest BCUT2D eigenvalue weighted by atomic mass is 9.81. The molecule has 9 rings (SSSR count). The Kier molecular flexibility index (Phi) is 4.73. The van der Waals surface area contributed by atoms with Crippen molar-refractivity contribution < 1.29 is 4.74 Å². The van der Waals surface area contributed by atoms with Gasteiger partial charge in [-0.3, -0.25) is 0 Å². The van der Waals surface area contributed by atoms with Crippen LogP contribution in [0.2, 0.25) is 0 Å². The van der Waals surface area contributed by atoms with Gasteiger partial charge < -0.3 is 4.74 Å². The summed E-state index contributed by atoms with van der Waals surface area (Å²) in [6, 6.07) is 48.7. The molecule has 0 amide bonds. The molecule has 1 nitrogen and oxygen atoms in total. The molecular formula is C41H28O. The summed E-state index contributed by atoms with van der Waals surface area (Å²) in [6.07, 6.45) is 0. The molecule has 0 saturated heterocycles. The zero-order valence-corrected chi connectivity index (χ0v) is 23.6. The zero-order chi connectivity index (χ0) is 28.0. The molecule has 1 heteroatoms. The number of hydrogen-bond acceptors (Lipinski definition) is 1. The molecule has 2 aliphatic rings. The molecular weight excluding hydrogens is 508 g/mol. The van der Waals surface area contributed by atoms with Crippen molar-refractivity contribution in [2.45, 2.75) is 19.3 Å². The van der Waals surface area contributed by atoms with E-state index in [4.69, 9.17) is 4.74 Å². The maximum atomic E-state index is 6.58. The van der Waals surface area contributed by atoms with E-state index in [0.29, 0.717) is 0 Å². The average molecular weight is 537 g/mol. The average Bonchev–Trinajstić information content (AvgIpc) is 3.25. The molecule has 0 radical (unpaired) electrons. The fourth-order valence-corrected chi connectivity index (χ4v) is 7.24. The van der Waals surface area contributed by atoms with E-state index in [1.54, 1.807) is 0 Å². The summed E-state index contributed by atoms with van der Waals surface area (Å²) in [6.45, 7) is 4.72. The van der Waals surface area contributed by atoms with E-state index >= 15 is 0 Å². The topological polar surface area (TPSA) is 9.23 Å². The van der Waals surface area contributed by atoms with E-state index in [1.807, 2.05) is 6.07 Å². The standard InChI is InChI=1S/C41H28O/c1-41(2)36-24-30(19-21-32(36)35-22-28-8-3-4-9-29(28)23-37(35)41)25-14-16-26(17-15-25)31-20-18-27-10-7-12-34-33-11-5-6-13-38(33)42-40(31)39(27)34/h3-24H,1-2H3. The minimum Gasteiger partial charge on any atom is -0.455 e. The molecule has 42 heavy (non-hydrogen) atoms. The van der Waals surface area contributed by atoms with E-state index in [2.05, 4.69) is 141 Å². The van der Waals surface area contributed by atoms with Crippen LogP contribution in [0.3, 0.4) is 0 Å². The van der Waals surface area contributed by atoms with Gasteiger partial charge in [0, 0.05) is 21.9 Å². The third-order valence-electron chi connectivity index (χ3n) is 9.46. The number of hydrogen-bond donors (Lipinski definition) is 0. The Morgan fingerprint density at radius 3 is 1.93 bits per heavy atom. The van der Waals surface area contributed by atoms with E-state index < -0.39 is 0 Å². The van der Waals surface area contributed by atoms with Crippen molar-refractivity contribution in [2.75, 3.05) is 0 Å². The Morgan fingerprint density at radius 2 is 1.07 bits per heavy atom. The van der Waals surface area contributed by atoms with Crippen LogP contribution in [-0.4, -0.2) is 0 Å². The first kappa shape index (κ1) is 23.6. The van der Waals surface area contributed by atoms with E-state index in [-0.39, 0.29) is 5.41 Å². The second-order valence-electron chi connectivity index (χ2n) is 12.2. The summed E-state index contributed by atoms with van der Waals surface area (Å²) in [5.41, 5.74) is 12.6. The van der Waals surface area contributed by atoms with Gasteiger partial charge in [0.1, 0.15) is 11.5 Å². The molecule has 0 N–H and O–H groups in total. The van der Waals surface area contributed by atoms with Crippen LogP contribution in [0.1, 0.15) is 25.0 Å². The van der Waals surface area contributed by atoms with Crippen LogP contribution in [0.15, 0.2) is 133 Å². The lowest BCUT2D eigenvalue weighted by molar-refractivity contribution is 0.489. The Balaban J connectivity index is 1.12. The molecule has 0 spiro atoms. The predicted octanol–water partition coefficient (Wildman–Crippen LogP) is 11.4. The molecule has 0 saturated carbocycles. The van der Waals surface area contributed by atoms with Crippen molar-refractivity contribution in [3.05, 3.63) is 145 Å². The van der Waals surface area contributed by atoms with Gasteiger partial charge >= 0.3 is 0 Å². The second-order valence-corrected chi connectivity index (χ2v) is 12.2. The normalized spacial score (nSPS) is 13.9. The Morgan fingerprint density at radius 1 is 0.429 bits per heavy atom. The molecule has 0 atom stereocenters. The van der Waals surface area contributed by atoms with Crippen molar-refractivity contribution in [1.82, 2.24) is 0 Å². The van der Waals surface area contributed by atoms with E-state index in [9.17, 15) is 0 Å². The molecule has 7 aromatic carbocycles. The third kappa shape index (κ3) is 3.25. The van der Waals surface area contributed by atoms with Crippen LogP contribution in [0.5, 0.6) is 11.5 Å². The van der Waals surface area contributed by atoms with Gasteiger partial charge in [-0.05, 0) is 91.0 Å². The first-order chi connectivity index (χ1) is 20.6. The largest absolute Gasteiger partial charge is 0.455 e. The summed E-state index contributed by atoms with van der Waals surface area (Å²) in [7, 11) is 0. The Hall–Kier alpha value is -5.14. The number of rotatable bonds is 2. The molecule has 7 aromatic rings. The maximum Gasteiger partial charge on any atom is 0.143 e. The van der Waals surface area contributed by atoms with Crippen LogP contribution in [0.25, 0.3) is 66.1 Å². The Bertz CT molecular complexity index is 2230. The van der Waals surface area contributed by atoms with Gasteiger partial charge in [0.2, 0.25) is 0 Å². The summed E-state index contributed by atoms with van der Waals surface area (Å²) >= 11 is 0. The third-order valence-corrected chi connectivity index (χ3v) is 9.46. The maximum absolute atomic E-state index is 6.58. The molecule has 0 fully saturated rings. The van der Waals surface area contributed by atoms with Gasteiger partial charge in [-0.1, -0.05) is 117 Å². The molecule has 198 valence electrons. The first-order valence-corrected chi connectivity index (χ1v) is 14.7. The summed E-state index contributed by atoms with van der Waals surface area (Å²) in [4.78, 5) is 0. The van der Waals surface area contributed by atoms with Gasteiger partial charge in [0.05, 0.1) is 0 Å². The van der Waals surface area contributed by atoms with Crippen LogP contribution < -0.4 is 4.74 Å². The summed E-state index contributed by atoms with van der Waals surface area (Å²) in [5, 5.41) is 4.99.